The lowest BCUT2D eigenvalue weighted by Gasteiger charge is -2.22. The van der Waals surface area contributed by atoms with Crippen LogP contribution in [-0.4, -0.2) is 11.4 Å². The summed E-state index contributed by atoms with van der Waals surface area (Å²) in [6.45, 7) is 2.02. The second-order valence-electron chi connectivity index (χ2n) is 5.26. The molecular weight excluding hydrogens is 277 g/mol. The Morgan fingerprint density at radius 2 is 1.82 bits per heavy atom. The van der Waals surface area contributed by atoms with Gasteiger partial charge in [0.25, 0.3) is 0 Å². The van der Waals surface area contributed by atoms with Gasteiger partial charge in [0.15, 0.2) is 0 Å². The Kier molecular flexibility index (Phi) is 4.54. The van der Waals surface area contributed by atoms with Crippen LogP contribution in [0.5, 0.6) is 0 Å². The minimum Gasteiger partial charge on any atom is -0.489 e. The van der Waals surface area contributed by atoms with Crippen LogP contribution < -0.4 is 0 Å². The summed E-state index contributed by atoms with van der Waals surface area (Å²) in [6, 6.07) is 16.8. The zero-order valence-corrected chi connectivity index (χ0v) is 12.3. The normalized spacial score (nSPS) is 13.9. The van der Waals surface area contributed by atoms with E-state index in [0.717, 1.165) is 23.4 Å². The molecule has 0 N–H and O–H groups in total. The van der Waals surface area contributed by atoms with Gasteiger partial charge in [-0.15, -0.1) is 0 Å². The smallest absolute Gasteiger partial charge is 0.123 e. The number of hydrogen-bond donors (Lipinski definition) is 0. The molecule has 112 valence electrons. The molecule has 0 saturated carbocycles. The topological polar surface area (TPSA) is 12.5 Å². The number of ether oxygens (including phenoxy) is 1. The molecule has 0 aliphatic carbocycles. The number of hydrogen-bond acceptors (Lipinski definition) is 2. The van der Waals surface area contributed by atoms with Crippen molar-refractivity contribution in [3.8, 4) is 0 Å². The van der Waals surface area contributed by atoms with Gasteiger partial charge in [-0.1, -0.05) is 42.5 Å². The number of benzene rings is 2. The molecule has 0 atom stereocenters. The van der Waals surface area contributed by atoms with E-state index in [1.807, 2.05) is 54.8 Å². The van der Waals surface area contributed by atoms with Gasteiger partial charge >= 0.3 is 0 Å². The van der Waals surface area contributed by atoms with Crippen molar-refractivity contribution in [1.82, 2.24) is 4.90 Å². The van der Waals surface area contributed by atoms with E-state index >= 15 is 0 Å². The molecule has 0 radical (unpaired) electrons. The highest BCUT2D eigenvalue weighted by Gasteiger charge is 2.07. The molecule has 22 heavy (non-hydrogen) atoms. The van der Waals surface area contributed by atoms with Gasteiger partial charge in [-0.2, -0.15) is 0 Å². The van der Waals surface area contributed by atoms with Crippen molar-refractivity contribution in [1.29, 1.82) is 0 Å². The second kappa shape index (κ2) is 6.94. The fourth-order valence-corrected chi connectivity index (χ4v) is 2.35. The molecule has 0 amide bonds. The van der Waals surface area contributed by atoms with Gasteiger partial charge in [-0.05, 0) is 35.4 Å². The molecule has 3 rings (SSSR count). The Balaban J connectivity index is 1.51. The Bertz CT molecular complexity index is 679. The quantitative estimate of drug-likeness (QED) is 0.817. The third kappa shape index (κ3) is 3.98. The second-order valence-corrected chi connectivity index (χ2v) is 5.26. The molecule has 1 aliphatic heterocycles. The van der Waals surface area contributed by atoms with Crippen LogP contribution in [-0.2, 0) is 17.9 Å². The number of halogens is 1. The summed E-state index contributed by atoms with van der Waals surface area (Å²) in [5.74, 6) is 0.681. The lowest BCUT2D eigenvalue weighted by Crippen LogP contribution is -2.19. The van der Waals surface area contributed by atoms with Crippen molar-refractivity contribution in [2.24, 2.45) is 0 Å². The fourth-order valence-electron chi connectivity index (χ4n) is 2.35. The molecule has 2 nitrogen and oxygen atoms in total. The van der Waals surface area contributed by atoms with Crippen molar-refractivity contribution in [3.63, 3.8) is 0 Å². The summed E-state index contributed by atoms with van der Waals surface area (Å²) in [7, 11) is 0. The van der Waals surface area contributed by atoms with E-state index in [0.29, 0.717) is 13.2 Å². The molecule has 1 heterocycles. The van der Waals surface area contributed by atoms with Gasteiger partial charge in [-0.3, -0.25) is 0 Å². The third-order valence-electron chi connectivity index (χ3n) is 3.50. The summed E-state index contributed by atoms with van der Waals surface area (Å²) in [5.41, 5.74) is 2.12. The summed E-state index contributed by atoms with van der Waals surface area (Å²) in [5, 5.41) is 0. The summed E-state index contributed by atoms with van der Waals surface area (Å²) >= 11 is 0. The third-order valence-corrected chi connectivity index (χ3v) is 3.50. The Labute approximate surface area is 130 Å². The number of nitrogens with zero attached hydrogens (tertiary/aromatic N) is 1. The van der Waals surface area contributed by atoms with Crippen molar-refractivity contribution in [2.75, 3.05) is 6.54 Å². The molecule has 2 aromatic rings. The van der Waals surface area contributed by atoms with Gasteiger partial charge in [0, 0.05) is 19.3 Å². The number of allylic oxidation sites excluding steroid dienone is 1. The Morgan fingerprint density at radius 1 is 1.00 bits per heavy atom. The average molecular weight is 295 g/mol. The van der Waals surface area contributed by atoms with E-state index < -0.39 is 0 Å². The van der Waals surface area contributed by atoms with Gasteiger partial charge in [0.1, 0.15) is 18.2 Å². The molecule has 1 aliphatic rings. The minimum atomic E-state index is -0.194. The molecule has 0 spiro atoms. The zero-order chi connectivity index (χ0) is 15.2. The van der Waals surface area contributed by atoms with Crippen LogP contribution in [0.4, 0.5) is 4.39 Å². The summed E-state index contributed by atoms with van der Waals surface area (Å²) < 4.78 is 19.0. The zero-order valence-electron chi connectivity index (χ0n) is 12.3. The standard InChI is InChI=1S/C19H18FNO/c20-18-8-4-7-17(13-18)14-21-11-9-19(10-12-21)22-15-16-5-2-1-3-6-16/h1-11,13H,12,14-15H2. The van der Waals surface area contributed by atoms with E-state index in [2.05, 4.69) is 4.90 Å². The summed E-state index contributed by atoms with van der Waals surface area (Å²) in [6.07, 6.45) is 5.99. The predicted molar refractivity (Wildman–Crippen MR) is 85.3 cm³/mol. The van der Waals surface area contributed by atoms with E-state index in [-0.39, 0.29) is 5.82 Å². The molecular formula is C19H18FNO. The first-order chi connectivity index (χ1) is 10.8. The first-order valence-electron chi connectivity index (χ1n) is 7.33. The van der Waals surface area contributed by atoms with Crippen molar-refractivity contribution in [3.05, 3.63) is 95.7 Å². The monoisotopic (exact) mass is 295 g/mol. The van der Waals surface area contributed by atoms with Gasteiger partial charge < -0.3 is 9.64 Å². The highest BCUT2D eigenvalue weighted by molar-refractivity contribution is 5.21. The molecule has 0 unspecified atom stereocenters. The van der Waals surface area contributed by atoms with Crippen LogP contribution in [0.2, 0.25) is 0 Å². The molecule has 0 saturated heterocycles. The maximum absolute atomic E-state index is 13.2. The van der Waals surface area contributed by atoms with Gasteiger partial charge in [0.2, 0.25) is 0 Å². The van der Waals surface area contributed by atoms with E-state index in [1.165, 1.54) is 6.07 Å². The molecule has 0 bridgehead atoms. The number of rotatable bonds is 5. The highest BCUT2D eigenvalue weighted by Crippen LogP contribution is 2.14. The van der Waals surface area contributed by atoms with Crippen LogP contribution in [0.15, 0.2) is 78.7 Å². The van der Waals surface area contributed by atoms with Crippen molar-refractivity contribution in [2.45, 2.75) is 13.2 Å². The Morgan fingerprint density at radius 3 is 2.55 bits per heavy atom. The molecule has 2 aromatic carbocycles. The van der Waals surface area contributed by atoms with Crippen LogP contribution >= 0.6 is 0 Å². The maximum Gasteiger partial charge on any atom is 0.123 e. The van der Waals surface area contributed by atoms with E-state index in [1.54, 1.807) is 12.1 Å². The minimum absolute atomic E-state index is 0.194. The maximum atomic E-state index is 13.2. The fraction of sp³-hybridized carbons (Fsp3) is 0.158. The highest BCUT2D eigenvalue weighted by atomic mass is 19.1. The van der Waals surface area contributed by atoms with Crippen LogP contribution in [0.1, 0.15) is 11.1 Å². The van der Waals surface area contributed by atoms with Gasteiger partial charge in [-0.25, -0.2) is 4.39 Å². The predicted octanol–water partition coefficient (Wildman–Crippen LogP) is 4.26. The molecule has 3 heteroatoms. The SMILES string of the molecule is Fc1cccc(CN2C=CC(OCc3ccccc3)=CC2)c1. The first kappa shape index (κ1) is 14.4. The van der Waals surface area contributed by atoms with Crippen molar-refractivity contribution < 1.29 is 9.13 Å². The van der Waals surface area contributed by atoms with Crippen LogP contribution in [0.25, 0.3) is 0 Å². The van der Waals surface area contributed by atoms with E-state index in [4.69, 9.17) is 4.74 Å². The first-order valence-corrected chi connectivity index (χ1v) is 7.33. The molecule has 0 fully saturated rings. The largest absolute Gasteiger partial charge is 0.489 e. The van der Waals surface area contributed by atoms with E-state index in [9.17, 15) is 4.39 Å². The van der Waals surface area contributed by atoms with Gasteiger partial charge in [0.05, 0.1) is 0 Å². The lowest BCUT2D eigenvalue weighted by atomic mass is 10.2. The van der Waals surface area contributed by atoms with Crippen LogP contribution in [0.3, 0.4) is 0 Å². The summed E-state index contributed by atoms with van der Waals surface area (Å²) in [4.78, 5) is 2.12. The lowest BCUT2D eigenvalue weighted by molar-refractivity contribution is 0.204. The molecule has 0 aromatic heterocycles. The Hall–Kier alpha value is -2.55. The van der Waals surface area contributed by atoms with Crippen molar-refractivity contribution >= 4 is 0 Å². The average Bonchev–Trinajstić information content (AvgIpc) is 2.55. The van der Waals surface area contributed by atoms with Crippen LogP contribution in [0, 0.1) is 5.82 Å².